The van der Waals surface area contributed by atoms with E-state index in [1.165, 1.54) is 12.0 Å². The SMILES string of the molecule is C=C(CC)CC/C=C/CC. The van der Waals surface area contributed by atoms with Gasteiger partial charge < -0.3 is 0 Å². The van der Waals surface area contributed by atoms with Gasteiger partial charge in [-0.05, 0) is 25.7 Å². The quantitative estimate of drug-likeness (QED) is 0.508. The Kier molecular flexibility index (Phi) is 6.25. The number of hydrogen-bond donors (Lipinski definition) is 0. The molecule has 0 aromatic heterocycles. The molecule has 0 rings (SSSR count). The minimum absolute atomic E-state index is 1.12. The first-order chi connectivity index (χ1) is 4.81. The second kappa shape index (κ2) is 6.60. The Morgan fingerprint density at radius 3 is 2.50 bits per heavy atom. The van der Waals surface area contributed by atoms with Crippen molar-refractivity contribution in [1.29, 1.82) is 0 Å². The van der Waals surface area contributed by atoms with Crippen molar-refractivity contribution in [2.45, 2.75) is 39.5 Å². The summed E-state index contributed by atoms with van der Waals surface area (Å²) in [4.78, 5) is 0. The Morgan fingerprint density at radius 2 is 2.00 bits per heavy atom. The van der Waals surface area contributed by atoms with Gasteiger partial charge in [0.1, 0.15) is 0 Å². The molecule has 58 valence electrons. The van der Waals surface area contributed by atoms with E-state index >= 15 is 0 Å². The van der Waals surface area contributed by atoms with Gasteiger partial charge in [-0.25, -0.2) is 0 Å². The van der Waals surface area contributed by atoms with Crippen LogP contribution >= 0.6 is 0 Å². The molecular weight excluding hydrogens is 120 g/mol. The highest BCUT2D eigenvalue weighted by Gasteiger charge is 1.86. The second-order valence-electron chi connectivity index (χ2n) is 2.52. The molecule has 0 aliphatic carbocycles. The van der Waals surface area contributed by atoms with E-state index < -0.39 is 0 Å². The third-order valence-electron chi connectivity index (χ3n) is 1.57. The van der Waals surface area contributed by atoms with Crippen LogP contribution in [0.25, 0.3) is 0 Å². The summed E-state index contributed by atoms with van der Waals surface area (Å²) >= 11 is 0. The average molecular weight is 138 g/mol. The smallest absolute Gasteiger partial charge is 0.0288 e. The maximum Gasteiger partial charge on any atom is -0.0288 e. The molecule has 0 radical (unpaired) electrons. The summed E-state index contributed by atoms with van der Waals surface area (Å²) in [7, 11) is 0. The lowest BCUT2D eigenvalue weighted by Gasteiger charge is -1.96. The van der Waals surface area contributed by atoms with Crippen molar-refractivity contribution in [3.63, 3.8) is 0 Å². The zero-order valence-electron chi connectivity index (χ0n) is 7.19. The first kappa shape index (κ1) is 9.48. The molecule has 0 saturated carbocycles. The standard InChI is InChI=1S/C10H18/c1-4-6-7-8-9-10(3)5-2/h6-7H,3-5,8-9H2,1-2H3/b7-6+. The van der Waals surface area contributed by atoms with Crippen LogP contribution in [0.15, 0.2) is 24.3 Å². The summed E-state index contributed by atoms with van der Waals surface area (Å²) in [5, 5.41) is 0. The van der Waals surface area contributed by atoms with Gasteiger partial charge in [0.2, 0.25) is 0 Å². The monoisotopic (exact) mass is 138 g/mol. The van der Waals surface area contributed by atoms with Gasteiger partial charge in [-0.1, -0.05) is 38.2 Å². The lowest BCUT2D eigenvalue weighted by atomic mass is 10.1. The van der Waals surface area contributed by atoms with Crippen LogP contribution in [0.2, 0.25) is 0 Å². The molecule has 0 amide bonds. The van der Waals surface area contributed by atoms with E-state index in [2.05, 4.69) is 32.6 Å². The van der Waals surface area contributed by atoms with Crippen LogP contribution in [-0.4, -0.2) is 0 Å². The van der Waals surface area contributed by atoms with Crippen molar-refractivity contribution in [3.8, 4) is 0 Å². The highest BCUT2D eigenvalue weighted by molar-refractivity contribution is 4.95. The fourth-order valence-corrected chi connectivity index (χ4v) is 0.749. The van der Waals surface area contributed by atoms with Crippen molar-refractivity contribution < 1.29 is 0 Å². The van der Waals surface area contributed by atoms with Crippen LogP contribution in [0.4, 0.5) is 0 Å². The summed E-state index contributed by atoms with van der Waals surface area (Å²) in [6, 6.07) is 0. The minimum atomic E-state index is 1.12. The van der Waals surface area contributed by atoms with Crippen LogP contribution in [0, 0.1) is 0 Å². The molecule has 0 spiro atoms. The van der Waals surface area contributed by atoms with Crippen molar-refractivity contribution in [1.82, 2.24) is 0 Å². The summed E-state index contributed by atoms with van der Waals surface area (Å²) in [6.07, 6.45) is 9.05. The van der Waals surface area contributed by atoms with E-state index in [4.69, 9.17) is 0 Å². The first-order valence-corrected chi connectivity index (χ1v) is 4.12. The topological polar surface area (TPSA) is 0 Å². The summed E-state index contributed by atoms with van der Waals surface area (Å²) in [5.74, 6) is 0. The Morgan fingerprint density at radius 1 is 1.30 bits per heavy atom. The lowest BCUT2D eigenvalue weighted by molar-refractivity contribution is 0.911. The summed E-state index contributed by atoms with van der Waals surface area (Å²) in [6.45, 7) is 8.25. The van der Waals surface area contributed by atoms with E-state index in [0.29, 0.717) is 0 Å². The molecule has 0 saturated heterocycles. The summed E-state index contributed by atoms with van der Waals surface area (Å²) in [5.41, 5.74) is 1.36. The fraction of sp³-hybridized carbons (Fsp3) is 0.600. The van der Waals surface area contributed by atoms with Crippen molar-refractivity contribution >= 4 is 0 Å². The van der Waals surface area contributed by atoms with Crippen LogP contribution in [0.3, 0.4) is 0 Å². The zero-order chi connectivity index (χ0) is 7.82. The second-order valence-corrected chi connectivity index (χ2v) is 2.52. The van der Waals surface area contributed by atoms with Gasteiger partial charge in [-0.2, -0.15) is 0 Å². The lowest BCUT2D eigenvalue weighted by Crippen LogP contribution is -1.75. The molecule has 0 aromatic carbocycles. The fourth-order valence-electron chi connectivity index (χ4n) is 0.749. The predicted molar refractivity (Wildman–Crippen MR) is 48.1 cm³/mol. The largest absolute Gasteiger partial charge is 0.0999 e. The number of rotatable bonds is 5. The molecule has 0 nitrogen and oxygen atoms in total. The molecule has 0 aromatic rings. The van der Waals surface area contributed by atoms with E-state index in [-0.39, 0.29) is 0 Å². The van der Waals surface area contributed by atoms with Crippen LogP contribution in [0.5, 0.6) is 0 Å². The van der Waals surface area contributed by atoms with Gasteiger partial charge in [0.25, 0.3) is 0 Å². The molecular formula is C10H18. The molecule has 0 aliphatic heterocycles. The van der Waals surface area contributed by atoms with E-state index in [1.54, 1.807) is 0 Å². The highest BCUT2D eigenvalue weighted by atomic mass is 13.9. The van der Waals surface area contributed by atoms with Crippen molar-refractivity contribution in [2.75, 3.05) is 0 Å². The number of hydrogen-bond acceptors (Lipinski definition) is 0. The molecule has 0 heterocycles. The zero-order valence-corrected chi connectivity index (χ0v) is 7.19. The Labute approximate surface area is 64.6 Å². The van der Waals surface area contributed by atoms with Crippen LogP contribution in [-0.2, 0) is 0 Å². The Bertz CT molecular complexity index is 109. The van der Waals surface area contributed by atoms with Crippen molar-refractivity contribution in [3.05, 3.63) is 24.3 Å². The van der Waals surface area contributed by atoms with Crippen molar-refractivity contribution in [2.24, 2.45) is 0 Å². The average Bonchev–Trinajstić information content (AvgIpc) is 1.98. The predicted octanol–water partition coefficient (Wildman–Crippen LogP) is 3.70. The Hall–Kier alpha value is -0.520. The van der Waals surface area contributed by atoms with Gasteiger partial charge in [0, 0.05) is 0 Å². The van der Waals surface area contributed by atoms with Gasteiger partial charge in [0.15, 0.2) is 0 Å². The van der Waals surface area contributed by atoms with E-state index in [0.717, 1.165) is 19.3 Å². The van der Waals surface area contributed by atoms with Crippen LogP contribution in [0.1, 0.15) is 39.5 Å². The van der Waals surface area contributed by atoms with Gasteiger partial charge in [-0.15, -0.1) is 0 Å². The van der Waals surface area contributed by atoms with Crippen LogP contribution < -0.4 is 0 Å². The molecule has 0 atom stereocenters. The molecule has 10 heavy (non-hydrogen) atoms. The highest BCUT2D eigenvalue weighted by Crippen LogP contribution is 2.06. The molecule has 0 unspecified atom stereocenters. The molecule has 0 aliphatic rings. The number of allylic oxidation sites excluding steroid dienone is 3. The molecule has 0 N–H and O–H groups in total. The van der Waals surface area contributed by atoms with Gasteiger partial charge in [0.05, 0.1) is 0 Å². The van der Waals surface area contributed by atoms with E-state index in [9.17, 15) is 0 Å². The third-order valence-corrected chi connectivity index (χ3v) is 1.57. The normalized spacial score (nSPS) is 10.6. The third kappa shape index (κ3) is 5.61. The van der Waals surface area contributed by atoms with Gasteiger partial charge in [-0.3, -0.25) is 0 Å². The first-order valence-electron chi connectivity index (χ1n) is 4.12. The molecule has 0 heteroatoms. The van der Waals surface area contributed by atoms with Gasteiger partial charge >= 0.3 is 0 Å². The molecule has 0 bridgehead atoms. The van der Waals surface area contributed by atoms with E-state index in [1.807, 2.05) is 0 Å². The Balaban J connectivity index is 3.19. The maximum absolute atomic E-state index is 3.94. The minimum Gasteiger partial charge on any atom is -0.0999 e. The summed E-state index contributed by atoms with van der Waals surface area (Å²) < 4.78 is 0. The molecule has 0 fully saturated rings. The maximum atomic E-state index is 3.94.